The van der Waals surface area contributed by atoms with Crippen LogP contribution >= 0.6 is 0 Å². The van der Waals surface area contributed by atoms with Gasteiger partial charge in [0.2, 0.25) is 0 Å². The molecule has 3 heterocycles. The lowest BCUT2D eigenvalue weighted by Crippen LogP contribution is -2.10. The molecule has 0 saturated heterocycles. The quantitative estimate of drug-likeness (QED) is 0.739. The number of tetrazole rings is 1. The highest BCUT2D eigenvalue weighted by atomic mass is 15.6. The van der Waals surface area contributed by atoms with Crippen molar-refractivity contribution in [2.24, 2.45) is 0 Å². The number of nitrogens with zero attached hydrogens (tertiary/aromatic N) is 7. The third-order valence-corrected chi connectivity index (χ3v) is 2.55. The molecule has 96 valence electrons. The van der Waals surface area contributed by atoms with E-state index in [9.17, 15) is 0 Å². The number of fused-ring (bicyclic) bond motifs is 1. The van der Waals surface area contributed by atoms with E-state index in [4.69, 9.17) is 0 Å². The zero-order chi connectivity index (χ0) is 13.2. The molecular weight excluding hydrogens is 244 g/mol. The van der Waals surface area contributed by atoms with Crippen molar-refractivity contribution < 1.29 is 0 Å². The summed E-state index contributed by atoms with van der Waals surface area (Å²) in [5.41, 5.74) is 1.46. The van der Waals surface area contributed by atoms with E-state index in [0.29, 0.717) is 11.5 Å². The average Bonchev–Trinajstić information content (AvgIpc) is 2.87. The SMILES string of the molecule is CN(C)c1ccc(Nc2ccc3nnnn3n2)cn1. The highest BCUT2D eigenvalue weighted by Crippen LogP contribution is 2.16. The highest BCUT2D eigenvalue weighted by Gasteiger charge is 2.02. The fourth-order valence-electron chi connectivity index (χ4n) is 1.59. The van der Waals surface area contributed by atoms with Crippen LogP contribution in [0, 0.1) is 0 Å². The van der Waals surface area contributed by atoms with Gasteiger partial charge >= 0.3 is 0 Å². The Morgan fingerprint density at radius 2 is 2.05 bits per heavy atom. The van der Waals surface area contributed by atoms with Crippen molar-refractivity contribution in [1.29, 1.82) is 0 Å². The van der Waals surface area contributed by atoms with Crippen molar-refractivity contribution >= 4 is 23.0 Å². The molecular formula is C11H12N8. The molecule has 0 aromatic carbocycles. The minimum atomic E-state index is 0.603. The minimum absolute atomic E-state index is 0.603. The third kappa shape index (κ3) is 2.28. The van der Waals surface area contributed by atoms with Gasteiger partial charge in [-0.3, -0.25) is 0 Å². The summed E-state index contributed by atoms with van der Waals surface area (Å²) in [5, 5.41) is 18.4. The molecule has 3 rings (SSSR count). The first kappa shape index (κ1) is 11.3. The first-order valence-corrected chi connectivity index (χ1v) is 5.68. The van der Waals surface area contributed by atoms with Gasteiger partial charge in [0.15, 0.2) is 11.5 Å². The molecule has 3 aromatic heterocycles. The second-order valence-electron chi connectivity index (χ2n) is 4.17. The predicted octanol–water partition coefficient (Wildman–Crippen LogP) is 0.724. The number of pyridine rings is 1. The van der Waals surface area contributed by atoms with E-state index in [1.165, 1.54) is 4.63 Å². The lowest BCUT2D eigenvalue weighted by atomic mass is 10.4. The molecule has 0 unspecified atom stereocenters. The predicted molar refractivity (Wildman–Crippen MR) is 70.4 cm³/mol. The van der Waals surface area contributed by atoms with Crippen LogP contribution in [-0.4, -0.2) is 44.3 Å². The summed E-state index contributed by atoms with van der Waals surface area (Å²) in [6.45, 7) is 0. The van der Waals surface area contributed by atoms with Crippen LogP contribution in [0.4, 0.5) is 17.3 Å². The van der Waals surface area contributed by atoms with Crippen molar-refractivity contribution in [2.75, 3.05) is 24.3 Å². The smallest absolute Gasteiger partial charge is 0.200 e. The Labute approximate surface area is 109 Å². The fourth-order valence-corrected chi connectivity index (χ4v) is 1.59. The van der Waals surface area contributed by atoms with Crippen molar-refractivity contribution in [1.82, 2.24) is 30.2 Å². The Bertz CT molecular complexity index is 687. The van der Waals surface area contributed by atoms with Gasteiger partial charge in [0.05, 0.1) is 11.9 Å². The van der Waals surface area contributed by atoms with Crippen LogP contribution in [0.2, 0.25) is 0 Å². The topological polar surface area (TPSA) is 84.1 Å². The van der Waals surface area contributed by atoms with E-state index in [1.807, 2.05) is 37.2 Å². The highest BCUT2D eigenvalue weighted by molar-refractivity contribution is 5.57. The molecule has 1 N–H and O–H groups in total. The van der Waals surface area contributed by atoms with Gasteiger partial charge in [-0.1, -0.05) is 0 Å². The molecule has 0 fully saturated rings. The summed E-state index contributed by atoms with van der Waals surface area (Å²) in [6.07, 6.45) is 1.75. The normalized spacial score (nSPS) is 10.6. The Kier molecular flexibility index (Phi) is 2.67. The van der Waals surface area contributed by atoms with Crippen molar-refractivity contribution in [3.8, 4) is 0 Å². The van der Waals surface area contributed by atoms with E-state index >= 15 is 0 Å². The van der Waals surface area contributed by atoms with E-state index in [-0.39, 0.29) is 0 Å². The van der Waals surface area contributed by atoms with Crippen LogP contribution < -0.4 is 10.2 Å². The molecule has 0 spiro atoms. The van der Waals surface area contributed by atoms with Crippen LogP contribution in [0.1, 0.15) is 0 Å². The Hall–Kier alpha value is -2.77. The van der Waals surface area contributed by atoms with Gasteiger partial charge in [-0.25, -0.2) is 4.98 Å². The molecule has 19 heavy (non-hydrogen) atoms. The van der Waals surface area contributed by atoms with Gasteiger partial charge in [0.1, 0.15) is 5.82 Å². The van der Waals surface area contributed by atoms with Crippen LogP contribution in [0.3, 0.4) is 0 Å². The van der Waals surface area contributed by atoms with Crippen LogP contribution in [0.5, 0.6) is 0 Å². The first-order chi connectivity index (χ1) is 9.22. The van der Waals surface area contributed by atoms with Crippen LogP contribution in [0.15, 0.2) is 30.5 Å². The number of aromatic nitrogens is 6. The van der Waals surface area contributed by atoms with E-state index in [1.54, 1.807) is 12.3 Å². The first-order valence-electron chi connectivity index (χ1n) is 5.68. The Balaban J connectivity index is 1.83. The van der Waals surface area contributed by atoms with Crippen molar-refractivity contribution in [2.45, 2.75) is 0 Å². The second kappa shape index (κ2) is 4.48. The van der Waals surface area contributed by atoms with Gasteiger partial charge in [0, 0.05) is 14.1 Å². The molecule has 3 aromatic rings. The second-order valence-corrected chi connectivity index (χ2v) is 4.17. The number of anilines is 3. The van der Waals surface area contributed by atoms with Gasteiger partial charge in [0.25, 0.3) is 0 Å². The van der Waals surface area contributed by atoms with E-state index in [0.717, 1.165) is 11.5 Å². The molecule has 8 heteroatoms. The maximum absolute atomic E-state index is 4.32. The zero-order valence-corrected chi connectivity index (χ0v) is 10.5. The molecule has 0 aliphatic rings. The number of hydrogen-bond donors (Lipinski definition) is 1. The van der Waals surface area contributed by atoms with Gasteiger partial charge < -0.3 is 10.2 Å². The lowest BCUT2D eigenvalue weighted by molar-refractivity contribution is 0.736. The maximum atomic E-state index is 4.32. The molecule has 8 nitrogen and oxygen atoms in total. The third-order valence-electron chi connectivity index (χ3n) is 2.55. The largest absolute Gasteiger partial charge is 0.363 e. The van der Waals surface area contributed by atoms with Crippen LogP contribution in [0.25, 0.3) is 5.65 Å². The molecule has 0 saturated carbocycles. The molecule has 0 amide bonds. The van der Waals surface area contributed by atoms with Crippen molar-refractivity contribution in [3.05, 3.63) is 30.5 Å². The van der Waals surface area contributed by atoms with Crippen molar-refractivity contribution in [3.63, 3.8) is 0 Å². The fraction of sp³-hybridized carbons (Fsp3) is 0.182. The zero-order valence-electron chi connectivity index (χ0n) is 10.5. The standard InChI is InChI=1S/C11H12N8/c1-18(2)10-5-3-8(7-12-10)13-9-4-6-11-14-16-17-19(11)15-9/h3-7H,1-2H3,(H,13,15). The number of rotatable bonds is 3. The number of hydrogen-bond acceptors (Lipinski definition) is 7. The summed E-state index contributed by atoms with van der Waals surface area (Å²) in [4.78, 5) is 6.25. The summed E-state index contributed by atoms with van der Waals surface area (Å²) < 4.78 is 1.37. The van der Waals surface area contributed by atoms with E-state index < -0.39 is 0 Å². The lowest BCUT2D eigenvalue weighted by Gasteiger charge is -2.11. The summed E-state index contributed by atoms with van der Waals surface area (Å²) in [6, 6.07) is 7.47. The van der Waals surface area contributed by atoms with Gasteiger partial charge in [-0.2, -0.15) is 0 Å². The monoisotopic (exact) mass is 256 g/mol. The molecule has 0 aliphatic heterocycles. The minimum Gasteiger partial charge on any atom is -0.363 e. The molecule has 0 atom stereocenters. The van der Waals surface area contributed by atoms with E-state index in [2.05, 4.69) is 30.9 Å². The Morgan fingerprint density at radius 1 is 1.16 bits per heavy atom. The summed E-state index contributed by atoms with van der Waals surface area (Å²) in [7, 11) is 3.89. The molecule has 0 radical (unpaired) electrons. The van der Waals surface area contributed by atoms with Crippen LogP contribution in [-0.2, 0) is 0 Å². The molecule has 0 bridgehead atoms. The average molecular weight is 256 g/mol. The van der Waals surface area contributed by atoms with Gasteiger partial charge in [-0.15, -0.1) is 14.8 Å². The maximum Gasteiger partial charge on any atom is 0.200 e. The summed E-state index contributed by atoms with van der Waals surface area (Å²) >= 11 is 0. The number of nitrogens with one attached hydrogen (secondary N) is 1. The van der Waals surface area contributed by atoms with Gasteiger partial charge in [-0.05, 0) is 34.7 Å². The Morgan fingerprint density at radius 3 is 2.79 bits per heavy atom. The summed E-state index contributed by atoms with van der Waals surface area (Å²) in [5.74, 6) is 1.55. The molecule has 0 aliphatic carbocycles.